The zero-order chi connectivity index (χ0) is 15.4. The largest absolute Gasteiger partial charge is 0.381 e. The lowest BCUT2D eigenvalue weighted by Crippen LogP contribution is -1.99. The molecule has 0 atom stereocenters. The second-order valence-corrected chi connectivity index (χ2v) is 4.97. The maximum absolute atomic E-state index is 5.88. The van der Waals surface area contributed by atoms with Gasteiger partial charge in [0.1, 0.15) is 0 Å². The Kier molecular flexibility index (Phi) is 3.84. The summed E-state index contributed by atoms with van der Waals surface area (Å²) >= 11 is 0. The molecule has 0 fully saturated rings. The molecule has 0 unspecified atom stereocenters. The molecule has 0 aliphatic rings. The maximum Gasteiger partial charge on any atom is 0.158 e. The first-order valence-corrected chi connectivity index (χ1v) is 6.99. The van der Waals surface area contributed by atoms with Gasteiger partial charge in [0.2, 0.25) is 0 Å². The SMILES string of the molecule is Cc1ccc(-c2cnc(N)c(C#Cc3ccccc3)n2)cc1. The van der Waals surface area contributed by atoms with E-state index in [0.717, 1.165) is 16.8 Å². The van der Waals surface area contributed by atoms with E-state index in [2.05, 4.69) is 28.7 Å². The van der Waals surface area contributed by atoms with Crippen LogP contribution in [0.25, 0.3) is 11.3 Å². The molecule has 0 saturated carbocycles. The third kappa shape index (κ3) is 3.13. The van der Waals surface area contributed by atoms with Crippen LogP contribution in [-0.2, 0) is 0 Å². The predicted molar refractivity (Wildman–Crippen MR) is 89.0 cm³/mol. The number of aryl methyl sites for hydroxylation is 1. The first kappa shape index (κ1) is 13.8. The minimum absolute atomic E-state index is 0.347. The van der Waals surface area contributed by atoms with Gasteiger partial charge in [-0.05, 0) is 25.0 Å². The molecule has 1 aromatic heterocycles. The van der Waals surface area contributed by atoms with Gasteiger partial charge >= 0.3 is 0 Å². The quantitative estimate of drug-likeness (QED) is 0.697. The summed E-state index contributed by atoms with van der Waals surface area (Å²) in [5.41, 5.74) is 10.3. The molecular weight excluding hydrogens is 270 g/mol. The van der Waals surface area contributed by atoms with Crippen LogP contribution in [0.5, 0.6) is 0 Å². The number of nitrogens with two attached hydrogens (primary N) is 1. The van der Waals surface area contributed by atoms with E-state index >= 15 is 0 Å². The fraction of sp³-hybridized carbons (Fsp3) is 0.0526. The Balaban J connectivity index is 1.97. The average Bonchev–Trinajstić information content (AvgIpc) is 2.56. The zero-order valence-electron chi connectivity index (χ0n) is 12.2. The van der Waals surface area contributed by atoms with Gasteiger partial charge in [-0.25, -0.2) is 9.97 Å². The maximum atomic E-state index is 5.88. The first-order chi connectivity index (χ1) is 10.7. The summed E-state index contributed by atoms with van der Waals surface area (Å²) in [7, 11) is 0. The summed E-state index contributed by atoms with van der Waals surface area (Å²) in [6.07, 6.45) is 1.67. The lowest BCUT2D eigenvalue weighted by molar-refractivity contribution is 1.19. The third-order valence-corrected chi connectivity index (χ3v) is 3.25. The lowest BCUT2D eigenvalue weighted by Gasteiger charge is -2.03. The Hall–Kier alpha value is -3.12. The second kappa shape index (κ2) is 6.11. The van der Waals surface area contributed by atoms with E-state index in [1.807, 2.05) is 54.6 Å². The molecule has 22 heavy (non-hydrogen) atoms. The fourth-order valence-electron chi connectivity index (χ4n) is 2.01. The topological polar surface area (TPSA) is 51.8 Å². The van der Waals surface area contributed by atoms with E-state index in [4.69, 9.17) is 5.73 Å². The summed E-state index contributed by atoms with van der Waals surface area (Å²) in [5.74, 6) is 6.41. The van der Waals surface area contributed by atoms with Gasteiger partial charge in [0.15, 0.2) is 11.5 Å². The molecule has 2 N–H and O–H groups in total. The molecule has 3 aromatic rings. The van der Waals surface area contributed by atoms with E-state index in [9.17, 15) is 0 Å². The van der Waals surface area contributed by atoms with Crippen molar-refractivity contribution in [2.24, 2.45) is 0 Å². The molecule has 3 nitrogen and oxygen atoms in total. The average molecular weight is 285 g/mol. The Morgan fingerprint density at radius 1 is 0.909 bits per heavy atom. The van der Waals surface area contributed by atoms with E-state index in [1.165, 1.54) is 5.56 Å². The van der Waals surface area contributed by atoms with Crippen LogP contribution in [0.2, 0.25) is 0 Å². The number of rotatable bonds is 1. The van der Waals surface area contributed by atoms with E-state index in [-0.39, 0.29) is 0 Å². The van der Waals surface area contributed by atoms with Gasteiger partial charge in [0.25, 0.3) is 0 Å². The van der Waals surface area contributed by atoms with Crippen LogP contribution in [0.4, 0.5) is 5.82 Å². The molecule has 0 saturated heterocycles. The van der Waals surface area contributed by atoms with Gasteiger partial charge < -0.3 is 5.73 Å². The molecular formula is C19H15N3. The number of anilines is 1. The molecule has 3 heteroatoms. The standard InChI is InChI=1S/C19H15N3/c1-14-7-10-16(11-8-14)18-13-21-19(20)17(22-18)12-9-15-5-3-2-4-6-15/h2-8,10-11,13H,1H3,(H2,20,21). The smallest absolute Gasteiger partial charge is 0.158 e. The molecule has 106 valence electrons. The van der Waals surface area contributed by atoms with Crippen molar-refractivity contribution in [1.29, 1.82) is 0 Å². The molecule has 2 aromatic carbocycles. The van der Waals surface area contributed by atoms with Crippen molar-refractivity contribution in [2.45, 2.75) is 6.92 Å². The van der Waals surface area contributed by atoms with E-state index in [1.54, 1.807) is 6.20 Å². The van der Waals surface area contributed by atoms with Crippen molar-refractivity contribution >= 4 is 5.82 Å². The summed E-state index contributed by atoms with van der Waals surface area (Å²) in [6, 6.07) is 17.9. The van der Waals surface area contributed by atoms with Gasteiger partial charge in [-0.15, -0.1) is 0 Å². The van der Waals surface area contributed by atoms with Crippen molar-refractivity contribution in [3.8, 4) is 23.1 Å². The number of benzene rings is 2. The zero-order valence-corrected chi connectivity index (χ0v) is 12.2. The van der Waals surface area contributed by atoms with Crippen LogP contribution in [0.15, 0.2) is 60.8 Å². The highest BCUT2D eigenvalue weighted by molar-refractivity contribution is 5.62. The van der Waals surface area contributed by atoms with Gasteiger partial charge in [0, 0.05) is 11.1 Å². The van der Waals surface area contributed by atoms with Gasteiger partial charge in [-0.3, -0.25) is 0 Å². The van der Waals surface area contributed by atoms with Crippen LogP contribution in [-0.4, -0.2) is 9.97 Å². The van der Waals surface area contributed by atoms with Gasteiger partial charge in [-0.1, -0.05) is 53.9 Å². The molecule has 0 aliphatic heterocycles. The fourth-order valence-corrected chi connectivity index (χ4v) is 2.01. The Morgan fingerprint density at radius 3 is 2.36 bits per heavy atom. The highest BCUT2D eigenvalue weighted by Crippen LogP contribution is 2.18. The van der Waals surface area contributed by atoms with Crippen molar-refractivity contribution in [3.05, 3.63) is 77.6 Å². The lowest BCUT2D eigenvalue weighted by atomic mass is 10.1. The molecule has 1 heterocycles. The van der Waals surface area contributed by atoms with E-state index < -0.39 is 0 Å². The third-order valence-electron chi connectivity index (χ3n) is 3.25. The number of hydrogen-bond donors (Lipinski definition) is 1. The van der Waals surface area contributed by atoms with E-state index in [0.29, 0.717) is 11.5 Å². The molecule has 0 aliphatic carbocycles. The van der Waals surface area contributed by atoms with Crippen LogP contribution in [0.3, 0.4) is 0 Å². The molecule has 0 spiro atoms. The highest BCUT2D eigenvalue weighted by atomic mass is 14.9. The second-order valence-electron chi connectivity index (χ2n) is 4.97. The predicted octanol–water partition coefficient (Wildman–Crippen LogP) is 3.43. The molecule has 0 amide bonds. The van der Waals surface area contributed by atoms with Crippen LogP contribution < -0.4 is 5.73 Å². The van der Waals surface area contributed by atoms with Gasteiger partial charge in [-0.2, -0.15) is 0 Å². The van der Waals surface area contributed by atoms with Crippen LogP contribution in [0.1, 0.15) is 16.8 Å². The normalized spacial score (nSPS) is 9.86. The van der Waals surface area contributed by atoms with Crippen LogP contribution in [0, 0.1) is 18.8 Å². The summed E-state index contributed by atoms with van der Waals surface area (Å²) in [6.45, 7) is 2.05. The number of hydrogen-bond acceptors (Lipinski definition) is 3. The number of aromatic nitrogens is 2. The first-order valence-electron chi connectivity index (χ1n) is 6.99. The molecule has 0 bridgehead atoms. The van der Waals surface area contributed by atoms with Crippen molar-refractivity contribution < 1.29 is 0 Å². The summed E-state index contributed by atoms with van der Waals surface area (Å²) in [4.78, 5) is 8.73. The minimum Gasteiger partial charge on any atom is -0.381 e. The minimum atomic E-state index is 0.347. The summed E-state index contributed by atoms with van der Waals surface area (Å²) in [5, 5.41) is 0. The van der Waals surface area contributed by atoms with Crippen molar-refractivity contribution in [3.63, 3.8) is 0 Å². The molecule has 3 rings (SSSR count). The Labute approximate surface area is 129 Å². The number of nitrogen functional groups attached to an aromatic ring is 1. The van der Waals surface area contributed by atoms with Crippen LogP contribution >= 0.6 is 0 Å². The summed E-state index contributed by atoms with van der Waals surface area (Å²) < 4.78 is 0. The van der Waals surface area contributed by atoms with Crippen molar-refractivity contribution in [1.82, 2.24) is 9.97 Å². The number of nitrogens with zero attached hydrogens (tertiary/aromatic N) is 2. The Morgan fingerprint density at radius 2 is 1.64 bits per heavy atom. The molecule has 0 radical (unpaired) electrons. The Bertz CT molecular complexity index is 841. The van der Waals surface area contributed by atoms with Crippen molar-refractivity contribution in [2.75, 3.05) is 5.73 Å². The monoisotopic (exact) mass is 285 g/mol. The highest BCUT2D eigenvalue weighted by Gasteiger charge is 2.04. The van der Waals surface area contributed by atoms with Gasteiger partial charge in [0.05, 0.1) is 11.9 Å².